The van der Waals surface area contributed by atoms with Crippen LogP contribution in [-0.4, -0.2) is 29.6 Å². The molecular formula is C15H20BrNO4. The fraction of sp³-hybridized carbons (Fsp3) is 0.467. The van der Waals surface area contributed by atoms with Gasteiger partial charge in [-0.05, 0) is 24.6 Å². The first-order valence-electron chi connectivity index (χ1n) is 6.93. The standard InChI is InChI=1S/C15H20BrNO4/c1-2-3-7-13(15(19)20)17-14(18)8-9-21-12-6-4-5-11(16)10-12/h4-6,10,13H,2-3,7-9H2,1H3,(H,17,18)(H,19,20). The third-order valence-corrected chi connectivity index (χ3v) is 3.37. The van der Waals surface area contributed by atoms with E-state index >= 15 is 0 Å². The van der Waals surface area contributed by atoms with Crippen LogP contribution in [0.1, 0.15) is 32.6 Å². The summed E-state index contributed by atoms with van der Waals surface area (Å²) in [6, 6.07) is 6.50. The lowest BCUT2D eigenvalue weighted by Gasteiger charge is -2.14. The number of hydrogen-bond donors (Lipinski definition) is 2. The number of ether oxygens (including phenoxy) is 1. The molecule has 0 aliphatic rings. The Morgan fingerprint density at radius 3 is 2.81 bits per heavy atom. The number of carbonyl (C=O) groups is 2. The molecule has 1 amide bonds. The van der Waals surface area contributed by atoms with Gasteiger partial charge in [-0.15, -0.1) is 0 Å². The summed E-state index contributed by atoms with van der Waals surface area (Å²) in [6.45, 7) is 2.19. The normalized spacial score (nSPS) is 11.7. The SMILES string of the molecule is CCCCC(NC(=O)CCOc1cccc(Br)c1)C(=O)O. The van der Waals surface area contributed by atoms with E-state index in [4.69, 9.17) is 9.84 Å². The zero-order chi connectivity index (χ0) is 15.7. The van der Waals surface area contributed by atoms with Crippen LogP contribution < -0.4 is 10.1 Å². The number of carboxylic acids is 1. The summed E-state index contributed by atoms with van der Waals surface area (Å²) < 4.78 is 6.34. The second-order valence-corrected chi connectivity index (χ2v) is 5.57. The van der Waals surface area contributed by atoms with Gasteiger partial charge in [0.05, 0.1) is 13.0 Å². The molecule has 0 fully saturated rings. The molecular weight excluding hydrogens is 338 g/mol. The minimum absolute atomic E-state index is 0.127. The Bertz CT molecular complexity index is 478. The second-order valence-electron chi connectivity index (χ2n) is 4.66. The van der Waals surface area contributed by atoms with Gasteiger partial charge in [0.1, 0.15) is 11.8 Å². The summed E-state index contributed by atoms with van der Waals surface area (Å²) in [6.07, 6.45) is 2.24. The highest BCUT2D eigenvalue weighted by atomic mass is 79.9. The monoisotopic (exact) mass is 357 g/mol. The first-order valence-corrected chi connectivity index (χ1v) is 7.72. The molecule has 1 atom stereocenters. The van der Waals surface area contributed by atoms with Gasteiger partial charge in [-0.3, -0.25) is 4.79 Å². The lowest BCUT2D eigenvalue weighted by atomic mass is 10.1. The summed E-state index contributed by atoms with van der Waals surface area (Å²) >= 11 is 3.33. The van der Waals surface area contributed by atoms with E-state index in [-0.39, 0.29) is 18.9 Å². The molecule has 2 N–H and O–H groups in total. The molecule has 116 valence electrons. The van der Waals surface area contributed by atoms with Crippen LogP contribution in [-0.2, 0) is 9.59 Å². The van der Waals surface area contributed by atoms with E-state index in [9.17, 15) is 9.59 Å². The number of aliphatic carboxylic acids is 1. The third-order valence-electron chi connectivity index (χ3n) is 2.87. The number of amides is 1. The minimum atomic E-state index is -0.996. The molecule has 6 heteroatoms. The van der Waals surface area contributed by atoms with E-state index in [1.165, 1.54) is 0 Å². The van der Waals surface area contributed by atoms with Crippen LogP contribution in [0.2, 0.25) is 0 Å². The van der Waals surface area contributed by atoms with Crippen LogP contribution in [0.3, 0.4) is 0 Å². The molecule has 0 aliphatic heterocycles. The fourth-order valence-corrected chi connectivity index (χ4v) is 2.13. The Balaban J connectivity index is 2.34. The van der Waals surface area contributed by atoms with Crippen molar-refractivity contribution in [3.05, 3.63) is 28.7 Å². The van der Waals surface area contributed by atoms with Crippen LogP contribution in [0.25, 0.3) is 0 Å². The molecule has 0 aliphatic carbocycles. The van der Waals surface area contributed by atoms with Gasteiger partial charge in [0.2, 0.25) is 5.91 Å². The average Bonchev–Trinajstić information content (AvgIpc) is 2.43. The van der Waals surface area contributed by atoms with E-state index in [2.05, 4.69) is 21.2 Å². The molecule has 1 rings (SSSR count). The highest BCUT2D eigenvalue weighted by Gasteiger charge is 2.18. The number of hydrogen-bond acceptors (Lipinski definition) is 3. The molecule has 0 saturated heterocycles. The topological polar surface area (TPSA) is 75.6 Å². The van der Waals surface area contributed by atoms with Gasteiger partial charge in [-0.2, -0.15) is 0 Å². The lowest BCUT2D eigenvalue weighted by molar-refractivity contribution is -0.142. The number of carbonyl (C=O) groups excluding carboxylic acids is 1. The van der Waals surface area contributed by atoms with Crippen molar-refractivity contribution in [1.29, 1.82) is 0 Å². The maximum atomic E-state index is 11.7. The van der Waals surface area contributed by atoms with E-state index in [1.54, 1.807) is 12.1 Å². The summed E-state index contributed by atoms with van der Waals surface area (Å²) in [5.41, 5.74) is 0. The van der Waals surface area contributed by atoms with Gasteiger partial charge >= 0.3 is 5.97 Å². The Morgan fingerprint density at radius 1 is 1.43 bits per heavy atom. The molecule has 0 aromatic heterocycles. The number of nitrogens with one attached hydrogen (secondary N) is 1. The van der Waals surface area contributed by atoms with Crippen molar-refractivity contribution in [2.75, 3.05) is 6.61 Å². The van der Waals surface area contributed by atoms with Crippen molar-refractivity contribution < 1.29 is 19.4 Å². The predicted molar refractivity (Wildman–Crippen MR) is 83.3 cm³/mol. The number of rotatable bonds is 9. The van der Waals surface area contributed by atoms with Crippen LogP contribution >= 0.6 is 15.9 Å². The van der Waals surface area contributed by atoms with Crippen LogP contribution in [0, 0.1) is 0 Å². The lowest BCUT2D eigenvalue weighted by Crippen LogP contribution is -2.41. The van der Waals surface area contributed by atoms with E-state index in [0.717, 1.165) is 17.3 Å². The van der Waals surface area contributed by atoms with Crippen molar-refractivity contribution in [2.24, 2.45) is 0 Å². The minimum Gasteiger partial charge on any atom is -0.493 e. The molecule has 0 bridgehead atoms. The summed E-state index contributed by atoms with van der Waals surface area (Å²) in [7, 11) is 0. The Kier molecular flexibility index (Phi) is 7.82. The van der Waals surface area contributed by atoms with Crippen LogP contribution in [0.5, 0.6) is 5.75 Å². The molecule has 1 unspecified atom stereocenters. The van der Waals surface area contributed by atoms with Crippen molar-refractivity contribution in [3.63, 3.8) is 0 Å². The van der Waals surface area contributed by atoms with Gasteiger partial charge in [0.15, 0.2) is 0 Å². The van der Waals surface area contributed by atoms with Crippen molar-refractivity contribution in [2.45, 2.75) is 38.6 Å². The summed E-state index contributed by atoms with van der Waals surface area (Å²) in [5.74, 6) is -0.642. The first-order chi connectivity index (χ1) is 10.0. The average molecular weight is 358 g/mol. The maximum Gasteiger partial charge on any atom is 0.326 e. The number of unbranched alkanes of at least 4 members (excludes halogenated alkanes) is 1. The molecule has 5 nitrogen and oxygen atoms in total. The zero-order valence-corrected chi connectivity index (χ0v) is 13.6. The molecule has 0 radical (unpaired) electrons. The van der Waals surface area contributed by atoms with Crippen LogP contribution in [0.15, 0.2) is 28.7 Å². The predicted octanol–water partition coefficient (Wildman–Crippen LogP) is 2.98. The summed E-state index contributed by atoms with van der Waals surface area (Å²) in [4.78, 5) is 22.7. The molecule has 0 saturated carbocycles. The number of carboxylic acid groups (broad SMARTS) is 1. The Hall–Kier alpha value is -1.56. The van der Waals surface area contributed by atoms with Crippen LogP contribution in [0.4, 0.5) is 0 Å². The van der Waals surface area contributed by atoms with Gasteiger partial charge in [-0.25, -0.2) is 4.79 Å². The van der Waals surface area contributed by atoms with Crippen molar-refractivity contribution in [3.8, 4) is 5.75 Å². The highest BCUT2D eigenvalue weighted by Crippen LogP contribution is 2.17. The van der Waals surface area contributed by atoms with Crippen molar-refractivity contribution >= 4 is 27.8 Å². The largest absolute Gasteiger partial charge is 0.493 e. The molecule has 1 aromatic rings. The quantitative estimate of drug-likeness (QED) is 0.712. The third kappa shape index (κ3) is 7.13. The molecule has 0 spiro atoms. The molecule has 1 aromatic carbocycles. The van der Waals surface area contributed by atoms with Gasteiger partial charge in [0, 0.05) is 4.47 Å². The zero-order valence-electron chi connectivity index (χ0n) is 12.0. The van der Waals surface area contributed by atoms with E-state index in [0.29, 0.717) is 12.2 Å². The number of halogens is 1. The Morgan fingerprint density at radius 2 is 2.19 bits per heavy atom. The maximum absolute atomic E-state index is 11.7. The molecule has 21 heavy (non-hydrogen) atoms. The van der Waals surface area contributed by atoms with Gasteiger partial charge in [-0.1, -0.05) is 41.8 Å². The fourth-order valence-electron chi connectivity index (χ4n) is 1.75. The smallest absolute Gasteiger partial charge is 0.326 e. The number of benzene rings is 1. The first kappa shape index (κ1) is 17.5. The highest BCUT2D eigenvalue weighted by molar-refractivity contribution is 9.10. The van der Waals surface area contributed by atoms with Gasteiger partial charge < -0.3 is 15.2 Å². The van der Waals surface area contributed by atoms with E-state index in [1.807, 2.05) is 19.1 Å². The van der Waals surface area contributed by atoms with Gasteiger partial charge in [0.25, 0.3) is 0 Å². The second kappa shape index (κ2) is 9.39. The Labute approximate surface area is 132 Å². The molecule has 0 heterocycles. The van der Waals surface area contributed by atoms with Crippen molar-refractivity contribution in [1.82, 2.24) is 5.32 Å². The van der Waals surface area contributed by atoms with E-state index < -0.39 is 12.0 Å². The summed E-state index contributed by atoms with van der Waals surface area (Å²) in [5, 5.41) is 11.6.